The van der Waals surface area contributed by atoms with Crippen molar-refractivity contribution in [2.45, 2.75) is 33.1 Å². The lowest BCUT2D eigenvalue weighted by Crippen LogP contribution is -1.98. The molecule has 0 aromatic heterocycles. The maximum atomic E-state index is 2.33. The number of rotatable bonds is 3. The molecule has 0 aliphatic heterocycles. The molecular weight excluding hydrogens is 108 g/mol. The van der Waals surface area contributed by atoms with E-state index in [1.807, 2.05) is 0 Å². The van der Waals surface area contributed by atoms with E-state index < -0.39 is 0 Å². The summed E-state index contributed by atoms with van der Waals surface area (Å²) in [5.74, 6) is 4.81. The summed E-state index contributed by atoms with van der Waals surface area (Å²) in [4.78, 5) is 0. The molecule has 52 valence electrons. The van der Waals surface area contributed by atoms with Crippen LogP contribution >= 0.6 is 0 Å². The molecule has 2 fully saturated rings. The normalized spacial score (nSPS) is 52.7. The summed E-state index contributed by atoms with van der Waals surface area (Å²) in [5, 5.41) is 0. The first-order chi connectivity index (χ1) is 4.40. The van der Waals surface area contributed by atoms with Crippen LogP contribution in [0.15, 0.2) is 0 Å². The summed E-state index contributed by atoms with van der Waals surface area (Å²) >= 11 is 0. The standard InChI is InChI=1S/C9H16/c1-3-5-7-8-6(4-2)9(7)8/h6-9H,3-5H2,1-2H3. The van der Waals surface area contributed by atoms with Crippen molar-refractivity contribution >= 4 is 0 Å². The molecule has 0 aromatic carbocycles. The molecule has 0 N–H and O–H groups in total. The highest BCUT2D eigenvalue weighted by Crippen LogP contribution is 2.75. The topological polar surface area (TPSA) is 0 Å². The fraction of sp³-hybridized carbons (Fsp3) is 1.00. The van der Waals surface area contributed by atoms with Gasteiger partial charge in [-0.1, -0.05) is 33.1 Å². The molecule has 0 amide bonds. The minimum absolute atomic E-state index is 1.18. The summed E-state index contributed by atoms with van der Waals surface area (Å²) in [6.45, 7) is 4.64. The van der Waals surface area contributed by atoms with Crippen LogP contribution in [0, 0.1) is 23.7 Å². The van der Waals surface area contributed by atoms with Crippen molar-refractivity contribution in [3.8, 4) is 0 Å². The summed E-state index contributed by atoms with van der Waals surface area (Å²) in [6, 6.07) is 0. The second kappa shape index (κ2) is 1.74. The first-order valence-electron chi connectivity index (χ1n) is 4.40. The molecule has 0 nitrogen and oxygen atoms in total. The van der Waals surface area contributed by atoms with E-state index in [-0.39, 0.29) is 0 Å². The SMILES string of the molecule is CCCC1C2C(CC)C12. The zero-order chi connectivity index (χ0) is 6.43. The molecule has 0 aromatic rings. The third kappa shape index (κ3) is 0.653. The monoisotopic (exact) mass is 124 g/mol. The second-order valence-electron chi connectivity index (χ2n) is 3.68. The maximum absolute atomic E-state index is 2.33. The van der Waals surface area contributed by atoms with Crippen LogP contribution in [0.4, 0.5) is 0 Å². The van der Waals surface area contributed by atoms with Crippen LogP contribution in [0.5, 0.6) is 0 Å². The molecule has 2 aliphatic rings. The summed E-state index contributed by atoms with van der Waals surface area (Å²) in [7, 11) is 0. The fourth-order valence-electron chi connectivity index (χ4n) is 2.61. The van der Waals surface area contributed by atoms with Gasteiger partial charge in [-0.3, -0.25) is 0 Å². The Morgan fingerprint density at radius 3 is 2.11 bits per heavy atom. The number of hydrogen-bond acceptors (Lipinski definition) is 0. The highest BCUT2D eigenvalue weighted by molar-refractivity contribution is 5.18. The summed E-state index contributed by atoms with van der Waals surface area (Å²) in [5.41, 5.74) is 0. The van der Waals surface area contributed by atoms with Crippen molar-refractivity contribution in [3.05, 3.63) is 0 Å². The first kappa shape index (κ1) is 5.76. The highest BCUT2D eigenvalue weighted by Gasteiger charge is 2.70. The van der Waals surface area contributed by atoms with Gasteiger partial charge < -0.3 is 0 Å². The molecule has 0 radical (unpaired) electrons. The van der Waals surface area contributed by atoms with Gasteiger partial charge >= 0.3 is 0 Å². The molecule has 2 atom stereocenters. The summed E-state index contributed by atoms with van der Waals surface area (Å²) < 4.78 is 0. The largest absolute Gasteiger partial charge is 0.0654 e. The van der Waals surface area contributed by atoms with Crippen LogP contribution in [-0.4, -0.2) is 0 Å². The number of hydrogen-bond donors (Lipinski definition) is 0. The Morgan fingerprint density at radius 2 is 1.67 bits per heavy atom. The quantitative estimate of drug-likeness (QED) is 0.542. The lowest BCUT2D eigenvalue weighted by atomic mass is 9.99. The molecule has 0 heteroatoms. The van der Waals surface area contributed by atoms with Gasteiger partial charge in [0.1, 0.15) is 0 Å². The van der Waals surface area contributed by atoms with Gasteiger partial charge in [-0.05, 0) is 23.7 Å². The molecule has 2 unspecified atom stereocenters. The van der Waals surface area contributed by atoms with Gasteiger partial charge in [-0.2, -0.15) is 0 Å². The van der Waals surface area contributed by atoms with Crippen LogP contribution in [0.3, 0.4) is 0 Å². The van der Waals surface area contributed by atoms with Crippen LogP contribution in [0.25, 0.3) is 0 Å². The minimum atomic E-state index is 1.18. The lowest BCUT2D eigenvalue weighted by Gasteiger charge is -2.06. The van der Waals surface area contributed by atoms with Crippen molar-refractivity contribution < 1.29 is 0 Å². The van der Waals surface area contributed by atoms with Crippen molar-refractivity contribution in [1.82, 2.24) is 0 Å². The third-order valence-corrected chi connectivity index (χ3v) is 3.23. The summed E-state index contributed by atoms with van der Waals surface area (Å²) in [6.07, 6.45) is 4.38. The van der Waals surface area contributed by atoms with Gasteiger partial charge in [0.15, 0.2) is 0 Å². The van der Waals surface area contributed by atoms with E-state index >= 15 is 0 Å². The predicted molar refractivity (Wildman–Crippen MR) is 39.2 cm³/mol. The Morgan fingerprint density at radius 1 is 1.00 bits per heavy atom. The maximum Gasteiger partial charge on any atom is -0.0318 e. The predicted octanol–water partition coefficient (Wildman–Crippen LogP) is 2.69. The van der Waals surface area contributed by atoms with Crippen LogP contribution in [0.1, 0.15) is 33.1 Å². The average molecular weight is 124 g/mol. The van der Waals surface area contributed by atoms with Crippen LogP contribution in [-0.2, 0) is 0 Å². The van der Waals surface area contributed by atoms with Crippen molar-refractivity contribution in [2.24, 2.45) is 23.7 Å². The van der Waals surface area contributed by atoms with E-state index in [1.165, 1.54) is 42.9 Å². The highest BCUT2D eigenvalue weighted by atomic mass is 14.7. The molecule has 2 saturated carbocycles. The van der Waals surface area contributed by atoms with Gasteiger partial charge in [0.05, 0.1) is 0 Å². The first-order valence-corrected chi connectivity index (χ1v) is 4.40. The molecule has 0 saturated heterocycles. The Kier molecular flexibility index (Phi) is 1.12. The van der Waals surface area contributed by atoms with Crippen molar-refractivity contribution in [2.75, 3.05) is 0 Å². The van der Waals surface area contributed by atoms with E-state index in [4.69, 9.17) is 0 Å². The van der Waals surface area contributed by atoms with Crippen molar-refractivity contribution in [3.63, 3.8) is 0 Å². The smallest absolute Gasteiger partial charge is 0.0318 e. The van der Waals surface area contributed by atoms with E-state index in [9.17, 15) is 0 Å². The average Bonchev–Trinajstić information content (AvgIpc) is 2.67. The minimum Gasteiger partial charge on any atom is -0.0654 e. The van der Waals surface area contributed by atoms with Gasteiger partial charge in [-0.15, -0.1) is 0 Å². The van der Waals surface area contributed by atoms with E-state index in [1.54, 1.807) is 0 Å². The zero-order valence-electron chi connectivity index (χ0n) is 6.43. The van der Waals surface area contributed by atoms with Gasteiger partial charge in [0.2, 0.25) is 0 Å². The Labute approximate surface area is 57.6 Å². The second-order valence-corrected chi connectivity index (χ2v) is 3.68. The zero-order valence-corrected chi connectivity index (χ0v) is 6.43. The Hall–Kier alpha value is 0. The van der Waals surface area contributed by atoms with Crippen LogP contribution in [0.2, 0.25) is 0 Å². The van der Waals surface area contributed by atoms with Crippen molar-refractivity contribution in [1.29, 1.82) is 0 Å². The molecule has 2 rings (SSSR count). The van der Waals surface area contributed by atoms with Gasteiger partial charge in [0.25, 0.3) is 0 Å². The molecule has 2 aliphatic carbocycles. The molecular formula is C9H16. The molecule has 9 heavy (non-hydrogen) atoms. The van der Waals surface area contributed by atoms with Gasteiger partial charge in [-0.25, -0.2) is 0 Å². The molecule has 0 bridgehead atoms. The van der Waals surface area contributed by atoms with Crippen LogP contribution < -0.4 is 0 Å². The van der Waals surface area contributed by atoms with E-state index in [0.29, 0.717) is 0 Å². The Balaban J connectivity index is 1.69. The van der Waals surface area contributed by atoms with Gasteiger partial charge in [0, 0.05) is 0 Å². The Bertz CT molecular complexity index is 100. The van der Waals surface area contributed by atoms with E-state index in [0.717, 1.165) is 0 Å². The lowest BCUT2D eigenvalue weighted by molar-refractivity contribution is 0.436. The fourth-order valence-corrected chi connectivity index (χ4v) is 2.61. The van der Waals surface area contributed by atoms with E-state index in [2.05, 4.69) is 13.8 Å². The number of fused-ring (bicyclic) bond motifs is 1. The molecule has 0 heterocycles. The molecule has 0 spiro atoms. The third-order valence-electron chi connectivity index (χ3n) is 3.23.